The van der Waals surface area contributed by atoms with Crippen molar-refractivity contribution in [2.45, 2.75) is 39.5 Å². The Labute approximate surface area is 167 Å². The molecule has 0 atom stereocenters. The highest BCUT2D eigenvalue weighted by Crippen LogP contribution is 2.22. The van der Waals surface area contributed by atoms with Crippen molar-refractivity contribution in [3.63, 3.8) is 0 Å². The van der Waals surface area contributed by atoms with E-state index < -0.39 is 10.0 Å². The zero-order chi connectivity index (χ0) is 20.9. The Morgan fingerprint density at radius 3 is 2.39 bits per heavy atom. The number of nitrogens with one attached hydrogen (secondary N) is 2. The molecule has 0 saturated carbocycles. The van der Waals surface area contributed by atoms with E-state index in [2.05, 4.69) is 10.0 Å². The Morgan fingerprint density at radius 1 is 1.04 bits per heavy atom. The molecule has 28 heavy (non-hydrogen) atoms. The van der Waals surface area contributed by atoms with Gasteiger partial charge >= 0.3 is 0 Å². The lowest BCUT2D eigenvalue weighted by Gasteiger charge is -2.13. The number of benzene rings is 2. The van der Waals surface area contributed by atoms with Gasteiger partial charge in [0.25, 0.3) is 5.91 Å². The second-order valence-corrected chi connectivity index (χ2v) is 9.10. The summed E-state index contributed by atoms with van der Waals surface area (Å²) < 4.78 is 32.8. The van der Waals surface area contributed by atoms with Crippen molar-refractivity contribution >= 4 is 21.6 Å². The fourth-order valence-corrected chi connectivity index (χ4v) is 3.81. The molecule has 0 heterocycles. The number of rotatable bonds is 8. The number of amides is 1. The number of anilines is 1. The Kier molecular flexibility index (Phi) is 7.21. The SMILES string of the molecule is Cc1ccc(C)c(NC(=O)COc2ccc(S(=O)(=O)NCC(C)C)cc2C)c1. The van der Waals surface area contributed by atoms with Gasteiger partial charge in [0.1, 0.15) is 5.75 Å². The van der Waals surface area contributed by atoms with Gasteiger partial charge in [0, 0.05) is 12.2 Å². The van der Waals surface area contributed by atoms with Gasteiger partial charge in [-0.3, -0.25) is 4.79 Å². The van der Waals surface area contributed by atoms with Crippen LogP contribution in [0, 0.1) is 26.7 Å². The van der Waals surface area contributed by atoms with E-state index in [0.717, 1.165) is 16.8 Å². The maximum Gasteiger partial charge on any atom is 0.262 e. The van der Waals surface area contributed by atoms with Gasteiger partial charge < -0.3 is 10.1 Å². The summed E-state index contributed by atoms with van der Waals surface area (Å²) in [5.41, 5.74) is 3.43. The third kappa shape index (κ3) is 6.07. The molecule has 0 radical (unpaired) electrons. The van der Waals surface area contributed by atoms with E-state index in [9.17, 15) is 13.2 Å². The van der Waals surface area contributed by atoms with Gasteiger partial charge in [0.2, 0.25) is 10.0 Å². The first-order chi connectivity index (χ1) is 13.1. The van der Waals surface area contributed by atoms with Crippen molar-refractivity contribution < 1.29 is 17.9 Å². The van der Waals surface area contributed by atoms with Crippen molar-refractivity contribution in [3.05, 3.63) is 53.1 Å². The minimum absolute atomic E-state index is 0.161. The molecular formula is C21H28N2O4S. The summed E-state index contributed by atoms with van der Waals surface area (Å²) >= 11 is 0. The van der Waals surface area contributed by atoms with Crippen molar-refractivity contribution in [3.8, 4) is 5.75 Å². The smallest absolute Gasteiger partial charge is 0.262 e. The lowest BCUT2D eigenvalue weighted by Crippen LogP contribution is -2.27. The molecule has 0 aliphatic carbocycles. The number of ether oxygens (including phenoxy) is 1. The van der Waals surface area contributed by atoms with Crippen LogP contribution in [0.4, 0.5) is 5.69 Å². The van der Waals surface area contributed by atoms with E-state index in [4.69, 9.17) is 4.74 Å². The maximum atomic E-state index is 12.3. The normalized spacial score (nSPS) is 11.5. The largest absolute Gasteiger partial charge is 0.483 e. The molecule has 0 saturated heterocycles. The molecule has 0 bridgehead atoms. The van der Waals surface area contributed by atoms with Gasteiger partial charge in [-0.05, 0) is 67.6 Å². The summed E-state index contributed by atoms with van der Waals surface area (Å²) in [6, 6.07) is 10.4. The van der Waals surface area contributed by atoms with Crippen molar-refractivity contribution in [2.24, 2.45) is 5.92 Å². The van der Waals surface area contributed by atoms with Crippen LogP contribution in [0.3, 0.4) is 0 Å². The molecule has 0 fully saturated rings. The highest BCUT2D eigenvalue weighted by molar-refractivity contribution is 7.89. The van der Waals surface area contributed by atoms with Crippen LogP contribution in [-0.2, 0) is 14.8 Å². The van der Waals surface area contributed by atoms with Crippen LogP contribution in [0.2, 0.25) is 0 Å². The Balaban J connectivity index is 2.01. The fourth-order valence-electron chi connectivity index (χ4n) is 2.51. The molecule has 0 aliphatic heterocycles. The summed E-state index contributed by atoms with van der Waals surface area (Å²) in [6.45, 7) is 9.72. The monoisotopic (exact) mass is 404 g/mol. The van der Waals surface area contributed by atoms with E-state index >= 15 is 0 Å². The summed E-state index contributed by atoms with van der Waals surface area (Å²) in [6.07, 6.45) is 0. The third-order valence-corrected chi connectivity index (χ3v) is 5.59. The highest BCUT2D eigenvalue weighted by Gasteiger charge is 2.16. The highest BCUT2D eigenvalue weighted by atomic mass is 32.2. The Bertz CT molecular complexity index is 953. The Hall–Kier alpha value is -2.38. The first kappa shape index (κ1) is 21.9. The Morgan fingerprint density at radius 2 is 1.75 bits per heavy atom. The molecule has 2 aromatic carbocycles. The summed E-state index contributed by atoms with van der Waals surface area (Å²) in [7, 11) is -3.56. The van der Waals surface area contributed by atoms with Crippen molar-refractivity contribution in [1.82, 2.24) is 4.72 Å². The second kappa shape index (κ2) is 9.21. The molecule has 0 spiro atoms. The first-order valence-electron chi connectivity index (χ1n) is 9.18. The lowest BCUT2D eigenvalue weighted by atomic mass is 10.1. The summed E-state index contributed by atoms with van der Waals surface area (Å²) in [4.78, 5) is 12.4. The first-order valence-corrected chi connectivity index (χ1v) is 10.7. The van der Waals surface area contributed by atoms with Crippen LogP contribution < -0.4 is 14.8 Å². The van der Waals surface area contributed by atoms with Gasteiger partial charge in [0.15, 0.2) is 6.61 Å². The number of carbonyl (C=O) groups excluding carboxylic acids is 1. The van der Waals surface area contributed by atoms with E-state index in [1.165, 1.54) is 6.07 Å². The number of hydrogen-bond donors (Lipinski definition) is 2. The van der Waals surface area contributed by atoms with Gasteiger partial charge in [-0.1, -0.05) is 26.0 Å². The molecule has 0 unspecified atom stereocenters. The van der Waals surface area contributed by atoms with Crippen LogP contribution in [0.15, 0.2) is 41.3 Å². The number of hydrogen-bond acceptors (Lipinski definition) is 4. The quantitative estimate of drug-likeness (QED) is 0.704. The van der Waals surface area contributed by atoms with E-state index in [-0.39, 0.29) is 23.3 Å². The zero-order valence-corrected chi connectivity index (χ0v) is 17.8. The zero-order valence-electron chi connectivity index (χ0n) is 17.0. The maximum absolute atomic E-state index is 12.3. The minimum Gasteiger partial charge on any atom is -0.483 e. The predicted octanol–water partition coefficient (Wildman–Crippen LogP) is 3.56. The standard InChI is InChI=1S/C21H28N2O4S/c1-14(2)12-22-28(25,26)18-8-9-20(17(5)11-18)27-13-21(24)23-19-10-15(3)6-7-16(19)4/h6-11,14,22H,12-13H2,1-5H3,(H,23,24). The number of aryl methyl sites for hydroxylation is 3. The van der Waals surface area contributed by atoms with E-state index in [1.54, 1.807) is 19.1 Å². The second-order valence-electron chi connectivity index (χ2n) is 7.33. The predicted molar refractivity (Wildman–Crippen MR) is 111 cm³/mol. The molecule has 0 aromatic heterocycles. The minimum atomic E-state index is -3.56. The number of carbonyl (C=O) groups is 1. The van der Waals surface area contributed by atoms with Crippen LogP contribution in [0.25, 0.3) is 0 Å². The summed E-state index contributed by atoms with van der Waals surface area (Å²) in [5, 5.41) is 2.83. The molecule has 1 amide bonds. The molecule has 7 heteroatoms. The molecule has 6 nitrogen and oxygen atoms in total. The lowest BCUT2D eigenvalue weighted by molar-refractivity contribution is -0.118. The third-order valence-electron chi connectivity index (χ3n) is 4.16. The molecule has 2 aromatic rings. The van der Waals surface area contributed by atoms with Crippen LogP contribution in [-0.4, -0.2) is 27.5 Å². The van der Waals surface area contributed by atoms with Gasteiger partial charge in [0.05, 0.1) is 4.90 Å². The van der Waals surface area contributed by atoms with Crippen LogP contribution in [0.5, 0.6) is 5.75 Å². The average molecular weight is 405 g/mol. The van der Waals surface area contributed by atoms with Crippen LogP contribution in [0.1, 0.15) is 30.5 Å². The van der Waals surface area contributed by atoms with E-state index in [1.807, 2.05) is 45.9 Å². The number of sulfonamides is 1. The van der Waals surface area contributed by atoms with Gasteiger partial charge in [-0.2, -0.15) is 0 Å². The van der Waals surface area contributed by atoms with Gasteiger partial charge in [-0.25, -0.2) is 13.1 Å². The van der Waals surface area contributed by atoms with Crippen molar-refractivity contribution in [2.75, 3.05) is 18.5 Å². The van der Waals surface area contributed by atoms with Crippen LogP contribution >= 0.6 is 0 Å². The average Bonchev–Trinajstić information content (AvgIpc) is 2.62. The topological polar surface area (TPSA) is 84.5 Å². The summed E-state index contributed by atoms with van der Waals surface area (Å²) in [5.74, 6) is 0.413. The molecule has 2 N–H and O–H groups in total. The molecule has 152 valence electrons. The molecule has 0 aliphatic rings. The van der Waals surface area contributed by atoms with Crippen molar-refractivity contribution in [1.29, 1.82) is 0 Å². The fraction of sp³-hybridized carbons (Fsp3) is 0.381. The molecular weight excluding hydrogens is 376 g/mol. The molecule has 2 rings (SSSR count). The van der Waals surface area contributed by atoms with E-state index in [0.29, 0.717) is 17.9 Å². The van der Waals surface area contributed by atoms with Gasteiger partial charge in [-0.15, -0.1) is 0 Å².